The fourth-order valence-electron chi connectivity index (χ4n) is 1.53. The van der Waals surface area contributed by atoms with Crippen LogP contribution in [0.4, 0.5) is 14.9 Å². The number of rotatable bonds is 1. The molecule has 0 saturated carbocycles. The second kappa shape index (κ2) is 3.33. The van der Waals surface area contributed by atoms with Crippen LogP contribution in [-0.2, 0) is 0 Å². The lowest BCUT2D eigenvalue weighted by atomic mass is 9.96. The van der Waals surface area contributed by atoms with E-state index < -0.39 is 0 Å². The van der Waals surface area contributed by atoms with Gasteiger partial charge >= 0.3 is 6.03 Å². The fourth-order valence-corrected chi connectivity index (χ4v) is 1.53. The number of carbonyl (C=O) groups excluding carboxylic acids is 1. The van der Waals surface area contributed by atoms with E-state index in [4.69, 9.17) is 0 Å². The van der Waals surface area contributed by atoms with Gasteiger partial charge in [0.15, 0.2) is 0 Å². The number of hydrogen-bond donors (Lipinski definition) is 1. The summed E-state index contributed by atoms with van der Waals surface area (Å²) in [5.74, 6) is -0.345. The van der Waals surface area contributed by atoms with E-state index in [1.54, 1.807) is 12.1 Å². The number of nitrogens with one attached hydrogen (secondary N) is 1. The molecule has 14 heavy (non-hydrogen) atoms. The molecule has 1 aromatic rings. The molecule has 1 saturated heterocycles. The summed E-state index contributed by atoms with van der Waals surface area (Å²) in [5, 5.41) is 2.63. The summed E-state index contributed by atoms with van der Waals surface area (Å²) in [6.45, 7) is 1.10. The minimum absolute atomic E-state index is 0.229. The maximum Gasteiger partial charge on any atom is 0.322 e. The minimum atomic E-state index is -0.345. The highest BCUT2D eigenvalue weighted by molar-refractivity contribution is 6.32. The van der Waals surface area contributed by atoms with Crippen molar-refractivity contribution in [1.29, 1.82) is 0 Å². The van der Waals surface area contributed by atoms with Crippen molar-refractivity contribution in [3.05, 3.63) is 24.0 Å². The number of anilines is 1. The van der Waals surface area contributed by atoms with Crippen LogP contribution in [0.2, 0.25) is 0 Å². The molecule has 0 radical (unpaired) electrons. The molecule has 1 aliphatic heterocycles. The number of nitrogens with zero attached hydrogens (tertiary/aromatic N) is 1. The van der Waals surface area contributed by atoms with E-state index in [-0.39, 0.29) is 11.8 Å². The van der Waals surface area contributed by atoms with Crippen LogP contribution in [0.5, 0.6) is 0 Å². The summed E-state index contributed by atoms with van der Waals surface area (Å²) in [7, 11) is 1.82. The van der Waals surface area contributed by atoms with E-state index in [0.717, 1.165) is 5.46 Å². The molecule has 0 aromatic heterocycles. The SMILES string of the molecule is Bc1ccc(N2CCNC2=O)c(F)c1. The van der Waals surface area contributed by atoms with Gasteiger partial charge in [0.25, 0.3) is 0 Å². The molecule has 1 aliphatic rings. The quantitative estimate of drug-likeness (QED) is 0.604. The lowest BCUT2D eigenvalue weighted by Crippen LogP contribution is -2.28. The second-order valence-corrected chi connectivity index (χ2v) is 3.34. The Morgan fingerprint density at radius 1 is 1.50 bits per heavy atom. The maximum absolute atomic E-state index is 13.5. The van der Waals surface area contributed by atoms with Gasteiger partial charge in [-0.15, -0.1) is 0 Å². The summed E-state index contributed by atoms with van der Waals surface area (Å²) < 4.78 is 13.5. The van der Waals surface area contributed by atoms with Gasteiger partial charge in [-0.3, -0.25) is 4.90 Å². The van der Waals surface area contributed by atoms with Crippen molar-refractivity contribution in [3.63, 3.8) is 0 Å². The van der Waals surface area contributed by atoms with Crippen LogP contribution in [0.3, 0.4) is 0 Å². The van der Waals surface area contributed by atoms with E-state index >= 15 is 0 Å². The van der Waals surface area contributed by atoms with Crippen molar-refractivity contribution in [2.24, 2.45) is 0 Å². The molecule has 1 fully saturated rings. The minimum Gasteiger partial charge on any atom is -0.336 e. The zero-order valence-electron chi connectivity index (χ0n) is 7.88. The fraction of sp³-hybridized carbons (Fsp3) is 0.222. The molecular weight excluding hydrogens is 182 g/mol. The number of amides is 2. The summed E-state index contributed by atoms with van der Waals surface area (Å²) in [4.78, 5) is 12.7. The smallest absolute Gasteiger partial charge is 0.322 e. The number of hydrogen-bond acceptors (Lipinski definition) is 1. The second-order valence-electron chi connectivity index (χ2n) is 3.34. The maximum atomic E-state index is 13.5. The van der Waals surface area contributed by atoms with Crippen LogP contribution >= 0.6 is 0 Å². The van der Waals surface area contributed by atoms with E-state index in [1.165, 1.54) is 11.0 Å². The standard InChI is InChI=1S/C9H10BFN2O/c10-6-1-2-8(7(11)5-6)13-4-3-12-9(13)14/h1-2,5H,3-4,10H2,(H,12,14). The molecule has 0 bridgehead atoms. The molecular formula is C9H10BFN2O. The molecule has 1 heterocycles. The third kappa shape index (κ3) is 1.45. The molecule has 3 nitrogen and oxygen atoms in total. The van der Waals surface area contributed by atoms with Gasteiger partial charge < -0.3 is 5.32 Å². The predicted octanol–water partition coefficient (Wildman–Crippen LogP) is -0.386. The molecule has 5 heteroatoms. The van der Waals surface area contributed by atoms with Gasteiger partial charge in [-0.25, -0.2) is 9.18 Å². The van der Waals surface area contributed by atoms with Crippen molar-refractivity contribution < 1.29 is 9.18 Å². The van der Waals surface area contributed by atoms with Crippen molar-refractivity contribution in [1.82, 2.24) is 5.32 Å². The van der Waals surface area contributed by atoms with Gasteiger partial charge in [-0.1, -0.05) is 11.5 Å². The van der Waals surface area contributed by atoms with E-state index in [9.17, 15) is 9.18 Å². The topological polar surface area (TPSA) is 32.3 Å². The van der Waals surface area contributed by atoms with E-state index in [1.807, 2.05) is 7.85 Å². The molecule has 2 rings (SSSR count). The van der Waals surface area contributed by atoms with Gasteiger partial charge in [0, 0.05) is 13.1 Å². The molecule has 0 unspecified atom stereocenters. The lowest BCUT2D eigenvalue weighted by molar-refractivity contribution is 0.252. The normalized spacial score (nSPS) is 15.8. The van der Waals surface area contributed by atoms with Gasteiger partial charge in [-0.05, 0) is 12.1 Å². The van der Waals surface area contributed by atoms with Crippen LogP contribution in [0, 0.1) is 5.82 Å². The highest BCUT2D eigenvalue weighted by atomic mass is 19.1. The first-order chi connectivity index (χ1) is 6.68. The monoisotopic (exact) mass is 192 g/mol. The lowest BCUT2D eigenvalue weighted by Gasteiger charge is -2.15. The number of halogens is 1. The van der Waals surface area contributed by atoms with Crippen LogP contribution in [0.25, 0.3) is 0 Å². The van der Waals surface area contributed by atoms with Crippen molar-refractivity contribution in [2.45, 2.75) is 0 Å². The summed E-state index contributed by atoms with van der Waals surface area (Å²) in [5.41, 5.74) is 1.21. The number of urea groups is 1. The number of benzene rings is 1. The Balaban J connectivity index is 2.36. The zero-order valence-corrected chi connectivity index (χ0v) is 7.88. The molecule has 0 aliphatic carbocycles. The van der Waals surface area contributed by atoms with Crippen molar-refractivity contribution in [2.75, 3.05) is 18.0 Å². The summed E-state index contributed by atoms with van der Waals surface area (Å²) in [6.07, 6.45) is 0. The highest BCUT2D eigenvalue weighted by Crippen LogP contribution is 2.18. The van der Waals surface area contributed by atoms with Crippen LogP contribution < -0.4 is 15.7 Å². The molecule has 0 spiro atoms. The van der Waals surface area contributed by atoms with Gasteiger partial charge in [0.05, 0.1) is 5.69 Å². The van der Waals surface area contributed by atoms with Crippen LogP contribution in [-0.4, -0.2) is 27.0 Å². The van der Waals surface area contributed by atoms with Crippen LogP contribution in [0.15, 0.2) is 18.2 Å². The van der Waals surface area contributed by atoms with E-state index in [2.05, 4.69) is 5.32 Å². The zero-order chi connectivity index (χ0) is 10.1. The molecule has 2 amide bonds. The summed E-state index contributed by atoms with van der Waals surface area (Å²) in [6, 6.07) is 4.63. The number of carbonyl (C=O) groups is 1. The first-order valence-electron chi connectivity index (χ1n) is 4.50. The highest BCUT2D eigenvalue weighted by Gasteiger charge is 2.23. The average Bonchev–Trinajstić information content (AvgIpc) is 2.52. The largest absolute Gasteiger partial charge is 0.336 e. The first kappa shape index (κ1) is 9.06. The van der Waals surface area contributed by atoms with Gasteiger partial charge in [0.2, 0.25) is 0 Å². The Kier molecular flexibility index (Phi) is 2.15. The molecule has 0 atom stereocenters. The Labute approximate surface area is 82.3 Å². The Morgan fingerprint density at radius 2 is 2.29 bits per heavy atom. The Hall–Kier alpha value is -1.52. The van der Waals surface area contributed by atoms with E-state index in [0.29, 0.717) is 18.8 Å². The van der Waals surface area contributed by atoms with Gasteiger partial charge in [0.1, 0.15) is 13.7 Å². The summed E-state index contributed by atoms with van der Waals surface area (Å²) >= 11 is 0. The van der Waals surface area contributed by atoms with Crippen molar-refractivity contribution >= 4 is 25.0 Å². The van der Waals surface area contributed by atoms with Crippen molar-refractivity contribution in [3.8, 4) is 0 Å². The average molecular weight is 192 g/mol. The Bertz CT molecular complexity index is 383. The molecule has 1 aromatic carbocycles. The molecule has 1 N–H and O–H groups in total. The first-order valence-corrected chi connectivity index (χ1v) is 4.50. The Morgan fingerprint density at radius 3 is 2.86 bits per heavy atom. The third-order valence-corrected chi connectivity index (χ3v) is 2.25. The predicted molar refractivity (Wildman–Crippen MR) is 55.3 cm³/mol. The van der Waals surface area contributed by atoms with Crippen LogP contribution in [0.1, 0.15) is 0 Å². The van der Waals surface area contributed by atoms with Gasteiger partial charge in [-0.2, -0.15) is 0 Å². The third-order valence-electron chi connectivity index (χ3n) is 2.25. The molecule has 72 valence electrons.